The maximum Gasteiger partial charge on any atom is 0.416 e. The Bertz CT molecular complexity index is 956. The fraction of sp³-hybridized carbons (Fsp3) is 0.350. The molecule has 1 saturated heterocycles. The lowest BCUT2D eigenvalue weighted by atomic mass is 10.0. The van der Waals surface area contributed by atoms with Gasteiger partial charge in [-0.3, -0.25) is 4.68 Å². The highest BCUT2D eigenvalue weighted by molar-refractivity contribution is 5.95. The Kier molecular flexibility index (Phi) is 4.55. The van der Waals surface area contributed by atoms with Gasteiger partial charge in [0, 0.05) is 29.7 Å². The summed E-state index contributed by atoms with van der Waals surface area (Å²) in [5.74, 6) is 0. The summed E-state index contributed by atoms with van der Waals surface area (Å²) in [4.78, 5) is 0. The predicted molar refractivity (Wildman–Crippen MR) is 101 cm³/mol. The second-order valence-corrected chi connectivity index (χ2v) is 6.95. The van der Waals surface area contributed by atoms with Crippen molar-refractivity contribution in [3.63, 3.8) is 0 Å². The largest absolute Gasteiger partial charge is 0.416 e. The maximum atomic E-state index is 13.0. The van der Waals surface area contributed by atoms with Crippen molar-refractivity contribution in [2.24, 2.45) is 7.05 Å². The van der Waals surface area contributed by atoms with Crippen LogP contribution in [0.2, 0.25) is 0 Å². The average Bonchev–Trinajstić information content (AvgIpc) is 2.98. The summed E-state index contributed by atoms with van der Waals surface area (Å²) < 4.78 is 40.8. The molecule has 4 rings (SSSR count). The van der Waals surface area contributed by atoms with Crippen molar-refractivity contribution < 1.29 is 13.2 Å². The number of nitrogens with one attached hydrogen (secondary N) is 2. The van der Waals surface area contributed by atoms with E-state index < -0.39 is 11.7 Å². The molecule has 0 atom stereocenters. The summed E-state index contributed by atoms with van der Waals surface area (Å²) in [5.41, 5.74) is 2.26. The van der Waals surface area contributed by atoms with Crippen LogP contribution in [-0.4, -0.2) is 28.9 Å². The Balaban J connectivity index is 1.69. The quantitative estimate of drug-likeness (QED) is 0.713. The number of anilines is 1. The van der Waals surface area contributed by atoms with E-state index in [4.69, 9.17) is 0 Å². The molecule has 1 aromatic heterocycles. The monoisotopic (exact) mass is 374 g/mol. The Morgan fingerprint density at radius 1 is 1.11 bits per heavy atom. The van der Waals surface area contributed by atoms with Gasteiger partial charge in [-0.15, -0.1) is 0 Å². The standard InChI is InChI=1S/C20H21F3N4/c1-27-18-12-16(25-15-7-9-24-10-8-15)5-6-17(18)19(26-27)13-3-2-4-14(11-13)20(21,22)23/h2-6,11-12,15,24-25H,7-10H2,1H3. The molecule has 0 spiro atoms. The van der Waals surface area contributed by atoms with Crippen LogP contribution in [0.1, 0.15) is 18.4 Å². The van der Waals surface area contributed by atoms with E-state index in [0.29, 0.717) is 17.3 Å². The number of rotatable bonds is 3. The third kappa shape index (κ3) is 3.64. The van der Waals surface area contributed by atoms with E-state index in [1.807, 2.05) is 25.2 Å². The molecule has 4 nitrogen and oxygen atoms in total. The van der Waals surface area contributed by atoms with Crippen LogP contribution in [0.3, 0.4) is 0 Å². The van der Waals surface area contributed by atoms with E-state index in [1.165, 1.54) is 6.07 Å². The van der Waals surface area contributed by atoms with Gasteiger partial charge in [-0.1, -0.05) is 12.1 Å². The molecule has 2 heterocycles. The van der Waals surface area contributed by atoms with E-state index >= 15 is 0 Å². The van der Waals surface area contributed by atoms with Crippen molar-refractivity contribution in [3.8, 4) is 11.3 Å². The van der Waals surface area contributed by atoms with Gasteiger partial charge >= 0.3 is 6.18 Å². The zero-order valence-electron chi connectivity index (χ0n) is 15.0. The number of aromatic nitrogens is 2. The van der Waals surface area contributed by atoms with E-state index in [9.17, 15) is 13.2 Å². The van der Waals surface area contributed by atoms with Crippen LogP contribution in [0.15, 0.2) is 42.5 Å². The van der Waals surface area contributed by atoms with Crippen molar-refractivity contribution in [2.45, 2.75) is 25.1 Å². The molecule has 7 heteroatoms. The van der Waals surface area contributed by atoms with Gasteiger partial charge in [0.2, 0.25) is 0 Å². The number of nitrogens with zero attached hydrogens (tertiary/aromatic N) is 2. The van der Waals surface area contributed by atoms with Crippen molar-refractivity contribution >= 4 is 16.6 Å². The van der Waals surface area contributed by atoms with Gasteiger partial charge in [0.15, 0.2) is 0 Å². The van der Waals surface area contributed by atoms with Crippen molar-refractivity contribution in [3.05, 3.63) is 48.0 Å². The molecule has 2 aromatic carbocycles. The Morgan fingerprint density at radius 2 is 1.89 bits per heavy atom. The van der Waals surface area contributed by atoms with Gasteiger partial charge in [-0.05, 0) is 56.3 Å². The Labute approximate surface area is 155 Å². The number of benzene rings is 2. The molecule has 0 amide bonds. The highest BCUT2D eigenvalue weighted by Gasteiger charge is 2.30. The summed E-state index contributed by atoms with van der Waals surface area (Å²) in [6, 6.07) is 11.7. The zero-order valence-corrected chi connectivity index (χ0v) is 15.0. The number of fused-ring (bicyclic) bond motifs is 1. The van der Waals surface area contributed by atoms with Crippen LogP contribution < -0.4 is 10.6 Å². The molecule has 27 heavy (non-hydrogen) atoms. The summed E-state index contributed by atoms with van der Waals surface area (Å²) in [6.45, 7) is 2.01. The lowest BCUT2D eigenvalue weighted by Gasteiger charge is -2.24. The lowest BCUT2D eigenvalue weighted by molar-refractivity contribution is -0.137. The summed E-state index contributed by atoms with van der Waals surface area (Å²) in [5, 5.41) is 12.2. The predicted octanol–water partition coefficient (Wildman–Crippen LogP) is 4.42. The third-order valence-electron chi connectivity index (χ3n) is 5.02. The average molecular weight is 374 g/mol. The fourth-order valence-corrected chi connectivity index (χ4v) is 3.61. The lowest BCUT2D eigenvalue weighted by Crippen LogP contribution is -2.35. The minimum absolute atomic E-state index is 0.430. The van der Waals surface area contributed by atoms with Crippen molar-refractivity contribution in [2.75, 3.05) is 18.4 Å². The zero-order chi connectivity index (χ0) is 19.0. The van der Waals surface area contributed by atoms with Crippen LogP contribution >= 0.6 is 0 Å². The van der Waals surface area contributed by atoms with Crippen LogP contribution in [0.4, 0.5) is 18.9 Å². The maximum absolute atomic E-state index is 13.0. The minimum atomic E-state index is -4.37. The number of hydrogen-bond acceptors (Lipinski definition) is 3. The van der Waals surface area contributed by atoms with Gasteiger partial charge in [0.1, 0.15) is 5.69 Å². The van der Waals surface area contributed by atoms with Crippen molar-refractivity contribution in [1.29, 1.82) is 0 Å². The molecule has 1 aliphatic heterocycles. The number of halogens is 3. The SMILES string of the molecule is Cn1nc(-c2cccc(C(F)(F)F)c2)c2ccc(NC3CCNCC3)cc21. The number of alkyl halides is 3. The highest BCUT2D eigenvalue weighted by atomic mass is 19.4. The number of hydrogen-bond donors (Lipinski definition) is 2. The summed E-state index contributed by atoms with van der Waals surface area (Å²) in [6.07, 6.45) is -2.23. The molecule has 142 valence electrons. The van der Waals surface area contributed by atoms with E-state index in [0.717, 1.165) is 54.7 Å². The molecule has 2 N–H and O–H groups in total. The molecule has 1 fully saturated rings. The molecular weight excluding hydrogens is 353 g/mol. The first-order valence-corrected chi connectivity index (χ1v) is 9.03. The van der Waals surface area contributed by atoms with Crippen LogP contribution in [0, 0.1) is 0 Å². The Morgan fingerprint density at radius 3 is 2.63 bits per heavy atom. The minimum Gasteiger partial charge on any atom is -0.382 e. The highest BCUT2D eigenvalue weighted by Crippen LogP contribution is 2.34. The van der Waals surface area contributed by atoms with Crippen molar-refractivity contribution in [1.82, 2.24) is 15.1 Å². The van der Waals surface area contributed by atoms with Crippen LogP contribution in [0.25, 0.3) is 22.2 Å². The summed E-state index contributed by atoms with van der Waals surface area (Å²) >= 11 is 0. The second-order valence-electron chi connectivity index (χ2n) is 6.95. The third-order valence-corrected chi connectivity index (χ3v) is 5.02. The first-order valence-electron chi connectivity index (χ1n) is 9.03. The van der Waals surface area contributed by atoms with Gasteiger partial charge in [-0.25, -0.2) is 0 Å². The van der Waals surface area contributed by atoms with Gasteiger partial charge in [0.25, 0.3) is 0 Å². The smallest absolute Gasteiger partial charge is 0.382 e. The van der Waals surface area contributed by atoms with E-state index in [2.05, 4.69) is 15.7 Å². The number of piperidine rings is 1. The summed E-state index contributed by atoms with van der Waals surface area (Å²) in [7, 11) is 1.81. The fourth-order valence-electron chi connectivity index (χ4n) is 3.61. The molecular formula is C20H21F3N4. The van der Waals surface area contributed by atoms with E-state index in [1.54, 1.807) is 10.7 Å². The molecule has 0 radical (unpaired) electrons. The molecule has 0 aliphatic carbocycles. The molecule has 1 aliphatic rings. The second kappa shape index (κ2) is 6.88. The topological polar surface area (TPSA) is 41.9 Å². The van der Waals surface area contributed by atoms with Crippen LogP contribution in [-0.2, 0) is 13.2 Å². The number of aryl methyl sites for hydroxylation is 1. The molecule has 3 aromatic rings. The van der Waals surface area contributed by atoms with Crippen LogP contribution in [0.5, 0.6) is 0 Å². The van der Waals surface area contributed by atoms with Gasteiger partial charge < -0.3 is 10.6 Å². The normalized spacial score (nSPS) is 16.0. The Hall–Kier alpha value is -2.54. The van der Waals surface area contributed by atoms with Gasteiger partial charge in [0.05, 0.1) is 11.1 Å². The van der Waals surface area contributed by atoms with Gasteiger partial charge in [-0.2, -0.15) is 18.3 Å². The molecule has 0 saturated carbocycles. The molecule has 0 unspecified atom stereocenters. The molecule has 0 bridgehead atoms. The first kappa shape index (κ1) is 17.9. The first-order chi connectivity index (χ1) is 12.9. The van der Waals surface area contributed by atoms with E-state index in [-0.39, 0.29) is 0 Å².